The third-order valence-corrected chi connectivity index (χ3v) is 11.7. The van der Waals surface area contributed by atoms with Crippen LogP contribution in [0.15, 0.2) is 42.5 Å². The van der Waals surface area contributed by atoms with E-state index >= 15 is 4.39 Å². The van der Waals surface area contributed by atoms with Crippen LogP contribution in [0.3, 0.4) is 0 Å². The fraction of sp³-hybridized carbons (Fsp3) is 0.605. The number of ether oxygens (including phenoxy) is 2. The largest absolute Gasteiger partial charge is 0.497 e. The van der Waals surface area contributed by atoms with Crippen molar-refractivity contribution in [1.82, 2.24) is 9.80 Å². The van der Waals surface area contributed by atoms with Crippen molar-refractivity contribution in [1.29, 1.82) is 5.26 Å². The van der Waals surface area contributed by atoms with E-state index in [-0.39, 0.29) is 44.7 Å². The number of piperidine rings is 1. The number of hydrogen-bond acceptors (Lipinski definition) is 7. The van der Waals surface area contributed by atoms with Crippen molar-refractivity contribution in [3.05, 3.63) is 59.2 Å². The zero-order valence-electron chi connectivity index (χ0n) is 29.1. The molecule has 0 aromatic heterocycles. The minimum Gasteiger partial charge on any atom is -0.497 e. The Morgan fingerprint density at radius 3 is 2.27 bits per heavy atom. The van der Waals surface area contributed by atoms with E-state index in [1.54, 1.807) is 36.3 Å². The van der Waals surface area contributed by atoms with Crippen molar-refractivity contribution >= 4 is 17.6 Å². The molecule has 3 aliphatic heterocycles. The SMILES string of the molecule is COC[C@@H]1C[C@@H](c2ccc(C(F)(F)F)cc2N2CCC(C(=O)O)CC2)CN1C(=O)[C@]1(F)CN([C@H]2CC[C@H](C#N)CC2)C[C@H]1c1ccc(OC)cc1. The molecule has 276 valence electrons. The molecule has 1 amide bonds. The van der Waals surface area contributed by atoms with Crippen LogP contribution in [-0.4, -0.2) is 98.1 Å². The number of carbonyl (C=O) groups is 2. The van der Waals surface area contributed by atoms with Gasteiger partial charge in [-0.05, 0) is 80.3 Å². The van der Waals surface area contributed by atoms with Crippen LogP contribution in [0.4, 0.5) is 23.2 Å². The molecule has 13 heteroatoms. The second-order valence-electron chi connectivity index (χ2n) is 14.6. The molecule has 0 unspecified atom stereocenters. The van der Waals surface area contributed by atoms with E-state index in [0.29, 0.717) is 48.4 Å². The standard InChI is InChI=1S/C38H46F4N4O5/c1-50-22-30-17-27(32-12-7-28(38(40,41)42)18-34(32)44-15-13-26(14-16-44)35(47)48)20-46(30)36(49)37(39)23-45(29-8-3-24(19-43)4-9-29)21-33(37)25-5-10-31(51-2)11-6-25/h5-7,10-12,18,24,26-27,29-30,33H,3-4,8-9,13-17,20-23H2,1-2H3,(H,47,48)/t24-,27-,29-,30+,33+,37+/m1/s1. The van der Waals surface area contributed by atoms with Crippen LogP contribution >= 0.6 is 0 Å². The zero-order valence-corrected chi connectivity index (χ0v) is 29.1. The number of methoxy groups -OCH3 is 2. The van der Waals surface area contributed by atoms with Crippen molar-refractivity contribution in [2.75, 3.05) is 58.5 Å². The summed E-state index contributed by atoms with van der Waals surface area (Å²) in [5, 5.41) is 18.9. The van der Waals surface area contributed by atoms with Gasteiger partial charge in [0.2, 0.25) is 5.67 Å². The van der Waals surface area contributed by atoms with Gasteiger partial charge in [-0.3, -0.25) is 14.5 Å². The molecule has 1 saturated carbocycles. The lowest BCUT2D eigenvalue weighted by molar-refractivity contribution is -0.146. The molecule has 1 N–H and O–H groups in total. The predicted octanol–water partition coefficient (Wildman–Crippen LogP) is 6.24. The summed E-state index contributed by atoms with van der Waals surface area (Å²) in [6.07, 6.45) is -0.656. The molecule has 0 bridgehead atoms. The maximum absolute atomic E-state index is 17.9. The van der Waals surface area contributed by atoms with E-state index in [0.717, 1.165) is 37.8 Å². The average Bonchev–Trinajstić information content (AvgIpc) is 3.72. The number of rotatable bonds is 9. The lowest BCUT2D eigenvalue weighted by atomic mass is 9.85. The summed E-state index contributed by atoms with van der Waals surface area (Å²) in [6.45, 7) is 1.03. The van der Waals surface area contributed by atoms with Gasteiger partial charge < -0.3 is 24.4 Å². The quantitative estimate of drug-likeness (QED) is 0.305. The van der Waals surface area contributed by atoms with E-state index in [4.69, 9.17) is 9.47 Å². The fourth-order valence-corrected chi connectivity index (χ4v) is 8.81. The molecule has 2 aromatic rings. The van der Waals surface area contributed by atoms with Crippen LogP contribution in [-0.2, 0) is 20.5 Å². The molecule has 2 aromatic carbocycles. The first-order valence-electron chi connectivity index (χ1n) is 17.8. The second-order valence-corrected chi connectivity index (χ2v) is 14.6. The van der Waals surface area contributed by atoms with Gasteiger partial charge >= 0.3 is 12.1 Å². The van der Waals surface area contributed by atoms with Crippen LogP contribution < -0.4 is 9.64 Å². The number of likely N-dealkylation sites (tertiary alicyclic amines) is 2. The van der Waals surface area contributed by atoms with Crippen LogP contribution in [0.5, 0.6) is 5.75 Å². The molecule has 3 heterocycles. The number of aliphatic carboxylic acids is 1. The van der Waals surface area contributed by atoms with Crippen LogP contribution in [0.2, 0.25) is 0 Å². The smallest absolute Gasteiger partial charge is 0.416 e. The van der Waals surface area contributed by atoms with E-state index in [9.17, 15) is 33.1 Å². The topological polar surface area (TPSA) is 106 Å². The number of amides is 1. The lowest BCUT2D eigenvalue weighted by Gasteiger charge is -2.35. The summed E-state index contributed by atoms with van der Waals surface area (Å²) < 4.78 is 70.6. The molecule has 3 saturated heterocycles. The molecule has 6 rings (SSSR count). The van der Waals surface area contributed by atoms with E-state index < -0.39 is 53.1 Å². The number of carboxylic acid groups (broad SMARTS) is 1. The molecule has 0 spiro atoms. The highest BCUT2D eigenvalue weighted by Gasteiger charge is 2.58. The number of benzene rings is 2. The first-order chi connectivity index (χ1) is 24.4. The minimum absolute atomic E-state index is 0.0204. The number of carboxylic acids is 1. The Morgan fingerprint density at radius 1 is 1.00 bits per heavy atom. The first-order valence-corrected chi connectivity index (χ1v) is 17.8. The Labute approximate surface area is 296 Å². The normalized spacial score (nSPS) is 29.2. The Bertz CT molecular complexity index is 1600. The summed E-state index contributed by atoms with van der Waals surface area (Å²) in [5.74, 6) is -2.71. The second kappa shape index (κ2) is 15.0. The van der Waals surface area contributed by atoms with Gasteiger partial charge in [-0.15, -0.1) is 0 Å². The molecular formula is C38H46F4N4O5. The van der Waals surface area contributed by atoms with Crippen LogP contribution in [0, 0.1) is 23.2 Å². The highest BCUT2D eigenvalue weighted by atomic mass is 19.4. The maximum Gasteiger partial charge on any atom is 0.416 e. The Kier molecular flexibility index (Phi) is 10.8. The van der Waals surface area contributed by atoms with Crippen molar-refractivity contribution < 1.29 is 41.7 Å². The van der Waals surface area contributed by atoms with Crippen LogP contribution in [0.25, 0.3) is 0 Å². The highest BCUT2D eigenvalue weighted by Crippen LogP contribution is 2.47. The van der Waals surface area contributed by atoms with Gasteiger partial charge in [-0.25, -0.2) is 4.39 Å². The molecule has 1 aliphatic carbocycles. The molecule has 51 heavy (non-hydrogen) atoms. The summed E-state index contributed by atoms with van der Waals surface area (Å²) in [6, 6.07) is 12.6. The summed E-state index contributed by atoms with van der Waals surface area (Å²) in [5.41, 5.74) is -1.43. The van der Waals surface area contributed by atoms with Crippen LogP contribution in [0.1, 0.15) is 73.5 Å². The summed E-state index contributed by atoms with van der Waals surface area (Å²) >= 11 is 0. The van der Waals surface area contributed by atoms with Gasteiger partial charge in [0.1, 0.15) is 5.75 Å². The number of nitriles is 1. The summed E-state index contributed by atoms with van der Waals surface area (Å²) in [4.78, 5) is 31.7. The molecule has 4 fully saturated rings. The average molecular weight is 715 g/mol. The Hall–Kier alpha value is -3.89. The number of carbonyl (C=O) groups excluding carboxylic acids is 1. The van der Waals surface area contributed by atoms with E-state index in [1.165, 1.54) is 13.2 Å². The number of alkyl halides is 4. The number of halogens is 4. The predicted molar refractivity (Wildman–Crippen MR) is 181 cm³/mol. The van der Waals surface area contributed by atoms with Gasteiger partial charge in [-0.1, -0.05) is 18.2 Å². The highest BCUT2D eigenvalue weighted by molar-refractivity contribution is 5.88. The first kappa shape index (κ1) is 36.9. The van der Waals surface area contributed by atoms with Crippen molar-refractivity contribution in [3.8, 4) is 11.8 Å². The van der Waals surface area contributed by atoms with Crippen molar-refractivity contribution in [2.45, 2.75) is 80.7 Å². The van der Waals surface area contributed by atoms with E-state index in [2.05, 4.69) is 11.0 Å². The Morgan fingerprint density at radius 2 is 1.69 bits per heavy atom. The van der Waals surface area contributed by atoms with Gasteiger partial charge in [0.25, 0.3) is 5.91 Å². The van der Waals surface area contributed by atoms with E-state index in [1.807, 2.05) is 4.90 Å². The number of nitrogens with zero attached hydrogens (tertiary/aromatic N) is 4. The monoisotopic (exact) mass is 714 g/mol. The van der Waals surface area contributed by atoms with Crippen molar-refractivity contribution in [3.63, 3.8) is 0 Å². The maximum atomic E-state index is 17.9. The number of anilines is 1. The van der Waals surface area contributed by atoms with Gasteiger partial charge in [0.05, 0.1) is 37.3 Å². The third-order valence-electron chi connectivity index (χ3n) is 11.7. The third kappa shape index (κ3) is 7.54. The fourth-order valence-electron chi connectivity index (χ4n) is 8.81. The summed E-state index contributed by atoms with van der Waals surface area (Å²) in [7, 11) is 3.05. The molecule has 0 radical (unpaired) electrons. The van der Waals surface area contributed by atoms with Crippen molar-refractivity contribution in [2.24, 2.45) is 11.8 Å². The lowest BCUT2D eigenvalue weighted by Crippen LogP contribution is -2.53. The number of hydrogen-bond donors (Lipinski definition) is 1. The van der Waals surface area contributed by atoms with Gasteiger partial charge in [0, 0.05) is 69.3 Å². The molecule has 4 atom stereocenters. The molecule has 9 nitrogen and oxygen atoms in total. The Balaban J connectivity index is 1.31. The molecule has 4 aliphatic rings. The molecular weight excluding hydrogens is 668 g/mol. The minimum atomic E-state index is -4.58. The van der Waals surface area contributed by atoms with Gasteiger partial charge in [0.15, 0.2) is 0 Å². The van der Waals surface area contributed by atoms with Gasteiger partial charge in [-0.2, -0.15) is 18.4 Å². The zero-order chi connectivity index (χ0) is 36.5.